The van der Waals surface area contributed by atoms with Crippen molar-refractivity contribution in [2.24, 2.45) is 0 Å². The fourth-order valence-electron chi connectivity index (χ4n) is 1.59. The third-order valence-electron chi connectivity index (χ3n) is 2.50. The molecule has 0 unspecified atom stereocenters. The second-order valence-electron chi connectivity index (χ2n) is 3.68. The molecule has 1 aliphatic rings. The Balaban J connectivity index is 1.79. The van der Waals surface area contributed by atoms with Gasteiger partial charge in [0.2, 0.25) is 0 Å². The van der Waals surface area contributed by atoms with Gasteiger partial charge in [-0.05, 0) is 24.3 Å². The van der Waals surface area contributed by atoms with Crippen molar-refractivity contribution in [3.05, 3.63) is 24.3 Å². The summed E-state index contributed by atoms with van der Waals surface area (Å²) in [4.78, 5) is 0. The van der Waals surface area contributed by atoms with E-state index >= 15 is 0 Å². The van der Waals surface area contributed by atoms with Crippen LogP contribution >= 0.6 is 0 Å². The molecule has 2 rings (SSSR count). The molecule has 1 heterocycles. The van der Waals surface area contributed by atoms with Gasteiger partial charge in [0.1, 0.15) is 24.2 Å². The van der Waals surface area contributed by atoms with Gasteiger partial charge in [-0.1, -0.05) is 0 Å². The van der Waals surface area contributed by atoms with Crippen molar-refractivity contribution in [1.82, 2.24) is 5.32 Å². The first kappa shape index (κ1) is 11.2. The maximum Gasteiger partial charge on any atom is 0.119 e. The van der Waals surface area contributed by atoms with Crippen molar-refractivity contribution in [2.45, 2.75) is 6.10 Å². The Morgan fingerprint density at radius 1 is 1.31 bits per heavy atom. The summed E-state index contributed by atoms with van der Waals surface area (Å²) in [5.41, 5.74) is 0. The van der Waals surface area contributed by atoms with Crippen molar-refractivity contribution in [3.8, 4) is 11.5 Å². The van der Waals surface area contributed by atoms with E-state index in [1.165, 1.54) is 0 Å². The average Bonchev–Trinajstić information content (AvgIpc) is 2.38. The van der Waals surface area contributed by atoms with Gasteiger partial charge < -0.3 is 19.5 Å². The monoisotopic (exact) mass is 223 g/mol. The normalized spacial score (nSPS) is 20.4. The summed E-state index contributed by atoms with van der Waals surface area (Å²) in [5.74, 6) is 1.68. The van der Waals surface area contributed by atoms with Gasteiger partial charge in [0, 0.05) is 13.1 Å². The molecule has 1 N–H and O–H groups in total. The number of ether oxygens (including phenoxy) is 3. The van der Waals surface area contributed by atoms with Crippen LogP contribution in [0.25, 0.3) is 0 Å². The van der Waals surface area contributed by atoms with Crippen molar-refractivity contribution < 1.29 is 14.2 Å². The fraction of sp³-hybridized carbons (Fsp3) is 0.500. The topological polar surface area (TPSA) is 39.7 Å². The number of nitrogens with one attached hydrogen (secondary N) is 1. The lowest BCUT2D eigenvalue weighted by Crippen LogP contribution is -2.41. The van der Waals surface area contributed by atoms with Gasteiger partial charge in [-0.3, -0.25) is 0 Å². The van der Waals surface area contributed by atoms with Gasteiger partial charge in [0.15, 0.2) is 0 Å². The Hall–Kier alpha value is -1.26. The van der Waals surface area contributed by atoms with E-state index in [0.29, 0.717) is 6.61 Å². The Kier molecular flexibility index (Phi) is 4.02. The Bertz CT molecular complexity index is 307. The summed E-state index contributed by atoms with van der Waals surface area (Å²) in [5, 5.41) is 3.26. The summed E-state index contributed by atoms with van der Waals surface area (Å²) in [6.45, 7) is 3.13. The lowest BCUT2D eigenvalue weighted by Gasteiger charge is -2.23. The third kappa shape index (κ3) is 3.12. The molecule has 0 amide bonds. The van der Waals surface area contributed by atoms with E-state index < -0.39 is 0 Å². The molecule has 4 heteroatoms. The zero-order valence-corrected chi connectivity index (χ0v) is 9.44. The highest BCUT2D eigenvalue weighted by Crippen LogP contribution is 2.17. The maximum atomic E-state index is 5.62. The summed E-state index contributed by atoms with van der Waals surface area (Å²) in [7, 11) is 1.65. The molecule has 1 aromatic rings. The minimum atomic E-state index is 0.149. The largest absolute Gasteiger partial charge is 0.497 e. The van der Waals surface area contributed by atoms with Crippen LogP contribution in [0, 0.1) is 0 Å². The van der Waals surface area contributed by atoms with E-state index in [2.05, 4.69) is 5.32 Å². The lowest BCUT2D eigenvalue weighted by atomic mass is 10.3. The summed E-state index contributed by atoms with van der Waals surface area (Å²) in [6.07, 6.45) is 0.149. The number of rotatable bonds is 4. The molecule has 1 aromatic carbocycles. The minimum Gasteiger partial charge on any atom is -0.497 e. The molecule has 16 heavy (non-hydrogen) atoms. The van der Waals surface area contributed by atoms with Gasteiger partial charge in [0.25, 0.3) is 0 Å². The van der Waals surface area contributed by atoms with E-state index in [1.54, 1.807) is 7.11 Å². The van der Waals surface area contributed by atoms with Crippen molar-refractivity contribution >= 4 is 0 Å². The molecule has 1 fully saturated rings. The van der Waals surface area contributed by atoms with Crippen molar-refractivity contribution in [1.29, 1.82) is 0 Å². The Morgan fingerprint density at radius 2 is 2.06 bits per heavy atom. The van der Waals surface area contributed by atoms with Crippen LogP contribution in [0.1, 0.15) is 0 Å². The molecule has 0 spiro atoms. The van der Waals surface area contributed by atoms with Gasteiger partial charge in [-0.25, -0.2) is 0 Å². The summed E-state index contributed by atoms with van der Waals surface area (Å²) in [6, 6.07) is 7.56. The SMILES string of the molecule is COc1ccc(OC[C@@H]2CNCCO2)cc1. The number of morpholine rings is 1. The highest BCUT2D eigenvalue weighted by molar-refractivity contribution is 5.31. The standard InChI is InChI=1S/C12H17NO3/c1-14-10-2-4-11(5-3-10)16-9-12-8-13-6-7-15-12/h2-5,12-13H,6-9H2,1H3/t12-/m0/s1. The fourth-order valence-corrected chi connectivity index (χ4v) is 1.59. The first-order valence-electron chi connectivity index (χ1n) is 5.47. The predicted molar refractivity (Wildman–Crippen MR) is 61.1 cm³/mol. The molecular weight excluding hydrogens is 206 g/mol. The van der Waals surface area contributed by atoms with Gasteiger partial charge >= 0.3 is 0 Å². The molecule has 0 aromatic heterocycles. The second-order valence-corrected chi connectivity index (χ2v) is 3.68. The third-order valence-corrected chi connectivity index (χ3v) is 2.50. The zero-order chi connectivity index (χ0) is 11.2. The van der Waals surface area contributed by atoms with E-state index in [0.717, 1.165) is 31.2 Å². The van der Waals surface area contributed by atoms with E-state index in [9.17, 15) is 0 Å². The molecule has 88 valence electrons. The highest BCUT2D eigenvalue weighted by atomic mass is 16.5. The van der Waals surface area contributed by atoms with Crippen LogP contribution < -0.4 is 14.8 Å². The van der Waals surface area contributed by atoms with Gasteiger partial charge in [0.05, 0.1) is 13.7 Å². The molecule has 0 radical (unpaired) electrons. The van der Waals surface area contributed by atoms with Crippen LogP contribution in [0.3, 0.4) is 0 Å². The minimum absolute atomic E-state index is 0.149. The molecule has 1 atom stereocenters. The van der Waals surface area contributed by atoms with Crippen LogP contribution in [0.15, 0.2) is 24.3 Å². The van der Waals surface area contributed by atoms with E-state index in [4.69, 9.17) is 14.2 Å². The first-order chi connectivity index (χ1) is 7.88. The van der Waals surface area contributed by atoms with Crippen molar-refractivity contribution in [3.63, 3.8) is 0 Å². The van der Waals surface area contributed by atoms with Crippen molar-refractivity contribution in [2.75, 3.05) is 33.4 Å². The lowest BCUT2D eigenvalue weighted by molar-refractivity contribution is 0.000188. The number of benzene rings is 1. The molecular formula is C12H17NO3. The molecule has 1 saturated heterocycles. The van der Waals surface area contributed by atoms with Gasteiger partial charge in [-0.15, -0.1) is 0 Å². The van der Waals surface area contributed by atoms with Gasteiger partial charge in [-0.2, -0.15) is 0 Å². The smallest absolute Gasteiger partial charge is 0.119 e. The molecule has 0 bridgehead atoms. The average molecular weight is 223 g/mol. The zero-order valence-electron chi connectivity index (χ0n) is 9.44. The Labute approximate surface area is 95.5 Å². The van der Waals surface area contributed by atoms with E-state index in [1.807, 2.05) is 24.3 Å². The maximum absolute atomic E-state index is 5.62. The first-order valence-corrected chi connectivity index (χ1v) is 5.47. The highest BCUT2D eigenvalue weighted by Gasteiger charge is 2.13. The molecule has 1 aliphatic heterocycles. The molecule has 0 aliphatic carbocycles. The quantitative estimate of drug-likeness (QED) is 0.828. The second kappa shape index (κ2) is 5.72. The van der Waals surface area contributed by atoms with E-state index in [-0.39, 0.29) is 6.10 Å². The summed E-state index contributed by atoms with van der Waals surface area (Å²) >= 11 is 0. The van der Waals surface area contributed by atoms with Crippen LogP contribution in [0.2, 0.25) is 0 Å². The molecule has 4 nitrogen and oxygen atoms in total. The van der Waals surface area contributed by atoms with Crippen LogP contribution in [0.5, 0.6) is 11.5 Å². The van der Waals surface area contributed by atoms with Crippen LogP contribution in [-0.4, -0.2) is 39.5 Å². The summed E-state index contributed by atoms with van der Waals surface area (Å²) < 4.78 is 16.2. The Morgan fingerprint density at radius 3 is 2.69 bits per heavy atom. The molecule has 0 saturated carbocycles. The van der Waals surface area contributed by atoms with Crippen LogP contribution in [-0.2, 0) is 4.74 Å². The number of hydrogen-bond acceptors (Lipinski definition) is 4. The predicted octanol–water partition coefficient (Wildman–Crippen LogP) is 1.06. The number of hydrogen-bond donors (Lipinski definition) is 1. The number of methoxy groups -OCH3 is 1. The van der Waals surface area contributed by atoms with Crippen LogP contribution in [0.4, 0.5) is 0 Å².